The number of nitrogens with one attached hydrogen (secondary N) is 1. The summed E-state index contributed by atoms with van der Waals surface area (Å²) in [6.07, 6.45) is 5.49. The van der Waals surface area contributed by atoms with E-state index in [4.69, 9.17) is 4.74 Å². The van der Waals surface area contributed by atoms with E-state index in [2.05, 4.69) is 28.1 Å². The van der Waals surface area contributed by atoms with Gasteiger partial charge < -0.3 is 9.64 Å². The molecule has 0 aliphatic carbocycles. The number of aromatic nitrogens is 2. The van der Waals surface area contributed by atoms with Crippen molar-refractivity contribution in [2.45, 2.75) is 38.5 Å². The number of nitrogens with zero attached hydrogens (tertiary/aromatic N) is 2. The fourth-order valence-corrected chi connectivity index (χ4v) is 4.12. The highest BCUT2D eigenvalue weighted by molar-refractivity contribution is 5.79. The zero-order chi connectivity index (χ0) is 17.2. The molecule has 0 bridgehead atoms. The number of hydrogen-bond donors (Lipinski definition) is 1. The van der Waals surface area contributed by atoms with Gasteiger partial charge in [0, 0.05) is 30.6 Å². The van der Waals surface area contributed by atoms with Crippen LogP contribution in [0.5, 0.6) is 5.75 Å². The van der Waals surface area contributed by atoms with Crippen LogP contribution < -0.4 is 4.74 Å². The summed E-state index contributed by atoms with van der Waals surface area (Å²) < 4.78 is 5.81. The van der Waals surface area contributed by atoms with Crippen molar-refractivity contribution in [2.24, 2.45) is 5.92 Å². The Kier molecular flexibility index (Phi) is 4.47. The second kappa shape index (κ2) is 6.90. The van der Waals surface area contributed by atoms with Crippen LogP contribution in [0.2, 0.25) is 0 Å². The molecule has 1 saturated heterocycles. The number of likely N-dealkylation sites (tertiary alicyclic amines) is 1. The van der Waals surface area contributed by atoms with Crippen LogP contribution in [0.15, 0.2) is 30.5 Å². The number of H-pyrrole nitrogens is 1. The molecule has 0 unspecified atom stereocenters. The van der Waals surface area contributed by atoms with Gasteiger partial charge in [0.2, 0.25) is 5.91 Å². The van der Waals surface area contributed by atoms with Gasteiger partial charge in [-0.05, 0) is 49.8 Å². The molecule has 2 aliphatic rings. The average molecular weight is 339 g/mol. The van der Waals surface area contributed by atoms with E-state index < -0.39 is 0 Å². The second-order valence-electron chi connectivity index (χ2n) is 7.21. The van der Waals surface area contributed by atoms with Crippen molar-refractivity contribution in [3.63, 3.8) is 0 Å². The highest BCUT2D eigenvalue weighted by Crippen LogP contribution is 2.31. The van der Waals surface area contributed by atoms with E-state index in [-0.39, 0.29) is 5.92 Å². The number of fused-ring (bicyclic) bond motifs is 1. The Bertz CT molecular complexity index is 747. The van der Waals surface area contributed by atoms with Crippen LogP contribution in [0.4, 0.5) is 0 Å². The Morgan fingerprint density at radius 2 is 2.04 bits per heavy atom. The zero-order valence-corrected chi connectivity index (χ0v) is 14.7. The molecule has 1 aromatic heterocycles. The Labute approximate surface area is 148 Å². The lowest BCUT2D eigenvalue weighted by atomic mass is 9.90. The van der Waals surface area contributed by atoms with Crippen LogP contribution >= 0.6 is 0 Å². The molecule has 2 aliphatic heterocycles. The number of ether oxygens (including phenoxy) is 1. The van der Waals surface area contributed by atoms with Crippen LogP contribution in [0.25, 0.3) is 0 Å². The molecule has 1 aromatic carbocycles. The lowest BCUT2D eigenvalue weighted by molar-refractivity contribution is -0.136. The van der Waals surface area contributed by atoms with Crippen molar-refractivity contribution < 1.29 is 9.53 Å². The molecule has 3 heterocycles. The summed E-state index contributed by atoms with van der Waals surface area (Å²) in [5.41, 5.74) is 3.62. The van der Waals surface area contributed by atoms with Crippen molar-refractivity contribution in [2.75, 3.05) is 19.7 Å². The molecule has 1 N–H and O–H groups in total. The Balaban J connectivity index is 1.40. The number of aromatic amines is 1. The monoisotopic (exact) mass is 339 g/mol. The number of rotatable bonds is 2. The van der Waals surface area contributed by atoms with Gasteiger partial charge in [-0.1, -0.05) is 18.2 Å². The smallest absolute Gasteiger partial charge is 0.226 e. The van der Waals surface area contributed by atoms with Crippen molar-refractivity contribution in [1.82, 2.24) is 15.1 Å². The molecule has 1 atom stereocenters. The predicted octanol–water partition coefficient (Wildman–Crippen LogP) is 3.07. The first-order valence-electron chi connectivity index (χ1n) is 9.21. The fraction of sp³-hybridized carbons (Fsp3) is 0.500. The fourth-order valence-electron chi connectivity index (χ4n) is 4.12. The standard InChI is InChI=1S/C20H25N3O2/c1-14-13-21-22-19(14)15-6-9-23(10-7-15)20(24)17-8-11-25-18-5-3-2-4-16(18)12-17/h2-5,13,15,17H,6-12H2,1H3,(H,21,22)/t17-/m1/s1. The van der Waals surface area contributed by atoms with Crippen LogP contribution in [-0.4, -0.2) is 40.7 Å². The molecule has 4 rings (SSSR count). The number of amides is 1. The van der Waals surface area contributed by atoms with Gasteiger partial charge in [-0.3, -0.25) is 9.89 Å². The van der Waals surface area contributed by atoms with Crippen LogP contribution in [-0.2, 0) is 11.2 Å². The van der Waals surface area contributed by atoms with Gasteiger partial charge >= 0.3 is 0 Å². The third kappa shape index (κ3) is 3.28. The van der Waals surface area contributed by atoms with E-state index in [1.165, 1.54) is 11.3 Å². The lowest BCUT2D eigenvalue weighted by Gasteiger charge is -2.34. The molecule has 1 fully saturated rings. The van der Waals surface area contributed by atoms with Crippen LogP contribution in [0.1, 0.15) is 42.0 Å². The van der Waals surface area contributed by atoms with Crippen molar-refractivity contribution in [1.29, 1.82) is 0 Å². The molecule has 2 aromatic rings. The zero-order valence-electron chi connectivity index (χ0n) is 14.7. The maximum atomic E-state index is 13.0. The minimum Gasteiger partial charge on any atom is -0.493 e. The summed E-state index contributed by atoms with van der Waals surface area (Å²) in [7, 11) is 0. The first kappa shape index (κ1) is 16.2. The third-order valence-electron chi connectivity index (χ3n) is 5.59. The summed E-state index contributed by atoms with van der Waals surface area (Å²) in [6.45, 7) is 4.39. The maximum absolute atomic E-state index is 13.0. The molecular formula is C20H25N3O2. The topological polar surface area (TPSA) is 58.2 Å². The predicted molar refractivity (Wildman–Crippen MR) is 95.6 cm³/mol. The van der Waals surface area contributed by atoms with Crippen LogP contribution in [0.3, 0.4) is 0 Å². The van der Waals surface area contributed by atoms with Crippen LogP contribution in [0, 0.1) is 12.8 Å². The number of para-hydroxylation sites is 1. The Morgan fingerprint density at radius 3 is 2.80 bits per heavy atom. The number of aryl methyl sites for hydroxylation is 1. The van der Waals surface area contributed by atoms with Gasteiger partial charge in [0.1, 0.15) is 5.75 Å². The second-order valence-corrected chi connectivity index (χ2v) is 7.21. The molecule has 5 heteroatoms. The summed E-state index contributed by atoms with van der Waals surface area (Å²) in [5.74, 6) is 1.75. The minimum absolute atomic E-state index is 0.0362. The summed E-state index contributed by atoms with van der Waals surface area (Å²) >= 11 is 0. The van der Waals surface area contributed by atoms with Crippen molar-refractivity contribution in [3.05, 3.63) is 47.3 Å². The van der Waals surface area contributed by atoms with Gasteiger partial charge in [-0.2, -0.15) is 5.10 Å². The lowest BCUT2D eigenvalue weighted by Crippen LogP contribution is -2.42. The van der Waals surface area contributed by atoms with Gasteiger partial charge in [0.05, 0.1) is 12.8 Å². The molecule has 25 heavy (non-hydrogen) atoms. The summed E-state index contributed by atoms with van der Waals surface area (Å²) in [4.78, 5) is 15.1. The highest BCUT2D eigenvalue weighted by atomic mass is 16.5. The molecule has 0 saturated carbocycles. The van der Waals surface area contributed by atoms with E-state index in [9.17, 15) is 4.79 Å². The van der Waals surface area contributed by atoms with Gasteiger partial charge in [-0.15, -0.1) is 0 Å². The molecule has 0 spiro atoms. The Morgan fingerprint density at radius 1 is 1.24 bits per heavy atom. The quantitative estimate of drug-likeness (QED) is 0.915. The summed E-state index contributed by atoms with van der Waals surface area (Å²) in [5, 5.41) is 7.27. The number of hydrogen-bond acceptors (Lipinski definition) is 3. The van der Waals surface area contributed by atoms with E-state index in [1.54, 1.807) is 0 Å². The first-order chi connectivity index (χ1) is 12.2. The SMILES string of the molecule is Cc1cn[nH]c1C1CCN(C(=O)[C@@H]2CCOc3ccccc3C2)CC1. The van der Waals surface area contributed by atoms with E-state index in [0.29, 0.717) is 18.4 Å². The molecule has 132 valence electrons. The number of carbonyl (C=O) groups excluding carboxylic acids is 1. The largest absolute Gasteiger partial charge is 0.493 e. The average Bonchev–Trinajstić information content (AvgIpc) is 2.95. The van der Waals surface area contributed by atoms with Crippen molar-refractivity contribution in [3.8, 4) is 5.75 Å². The number of piperidine rings is 1. The van der Waals surface area contributed by atoms with Gasteiger partial charge in [0.15, 0.2) is 0 Å². The van der Waals surface area contributed by atoms with E-state index >= 15 is 0 Å². The van der Waals surface area contributed by atoms with E-state index in [0.717, 1.165) is 50.1 Å². The van der Waals surface area contributed by atoms with E-state index in [1.807, 2.05) is 24.4 Å². The number of carbonyl (C=O) groups is 1. The number of benzene rings is 1. The maximum Gasteiger partial charge on any atom is 0.226 e. The third-order valence-corrected chi connectivity index (χ3v) is 5.59. The molecular weight excluding hydrogens is 314 g/mol. The molecule has 1 amide bonds. The van der Waals surface area contributed by atoms with Crippen molar-refractivity contribution >= 4 is 5.91 Å². The molecule has 5 nitrogen and oxygen atoms in total. The highest BCUT2D eigenvalue weighted by Gasteiger charge is 2.31. The van der Waals surface area contributed by atoms with Gasteiger partial charge in [0.25, 0.3) is 0 Å². The normalized spacial score (nSPS) is 21.3. The Hall–Kier alpha value is -2.30. The summed E-state index contributed by atoms with van der Waals surface area (Å²) in [6, 6.07) is 8.09. The molecule has 0 radical (unpaired) electrons. The first-order valence-corrected chi connectivity index (χ1v) is 9.21. The van der Waals surface area contributed by atoms with Gasteiger partial charge in [-0.25, -0.2) is 0 Å². The minimum atomic E-state index is 0.0362.